The van der Waals surface area contributed by atoms with E-state index >= 15 is 0 Å². The zero-order valence-electron chi connectivity index (χ0n) is 25.7. The molecule has 0 amide bonds. The van der Waals surface area contributed by atoms with Gasteiger partial charge in [-0.25, -0.2) is 0 Å². The summed E-state index contributed by atoms with van der Waals surface area (Å²) in [7, 11) is -2.06. The van der Waals surface area contributed by atoms with E-state index < -0.39 is 8.32 Å². The van der Waals surface area contributed by atoms with Gasteiger partial charge in [-0.3, -0.25) is 4.79 Å². The minimum atomic E-state index is -2.06. The van der Waals surface area contributed by atoms with E-state index in [1.54, 1.807) is 0 Å². The first-order valence-electron chi connectivity index (χ1n) is 15.6. The highest BCUT2D eigenvalue weighted by Gasteiger charge is 2.48. The van der Waals surface area contributed by atoms with E-state index in [-0.39, 0.29) is 48.8 Å². The van der Waals surface area contributed by atoms with E-state index in [2.05, 4.69) is 90.1 Å². The van der Waals surface area contributed by atoms with Crippen LogP contribution in [0.1, 0.15) is 107 Å². The van der Waals surface area contributed by atoms with Crippen LogP contribution in [0, 0.1) is 11.8 Å². The summed E-state index contributed by atoms with van der Waals surface area (Å²) in [6.45, 7) is 18.4. The molecule has 3 aliphatic heterocycles. The molecule has 0 aromatic heterocycles. The van der Waals surface area contributed by atoms with Crippen molar-refractivity contribution in [2.45, 2.75) is 160 Å². The molecule has 0 N–H and O–H groups in total. The number of hydrogen-bond acceptors (Lipinski definition) is 5. The molecular weight excluding hydrogens is 619 g/mol. The van der Waals surface area contributed by atoms with Crippen molar-refractivity contribution in [2.24, 2.45) is 11.8 Å². The van der Waals surface area contributed by atoms with E-state index in [1.807, 2.05) is 10.2 Å². The molecule has 39 heavy (non-hydrogen) atoms. The molecule has 3 aliphatic rings. The van der Waals surface area contributed by atoms with Gasteiger partial charge < -0.3 is 18.6 Å². The maximum absolute atomic E-state index is 13.2. The standard InChI is InChI=1S/C32H55IO5Si/c1-21(2)39(22(3)4,23(5)6)38-30-18-28-17-27-11-9-10-26(35-27)16-24(7)12-13-25(8)31(14-15-33)37-32(34)20-29(19-30)36-28/h12-15,21-31H,9-11,16-20H2,1-8H3/b13-12+,15-14+/t24-,25-,26+,27-,28-,29-,30+,31-/m0/s1. The first kappa shape index (κ1) is 33.3. The van der Waals surface area contributed by atoms with Crippen molar-refractivity contribution in [1.82, 2.24) is 0 Å². The van der Waals surface area contributed by atoms with Crippen molar-refractivity contribution < 1.29 is 23.4 Å². The lowest BCUT2D eigenvalue weighted by Crippen LogP contribution is -2.53. The molecule has 0 unspecified atom stereocenters. The zero-order chi connectivity index (χ0) is 28.7. The fraction of sp³-hybridized carbons (Fsp3) is 0.844. The molecule has 0 aromatic carbocycles. The highest BCUT2D eigenvalue weighted by atomic mass is 127. The lowest BCUT2D eigenvalue weighted by Gasteiger charge is -2.47. The van der Waals surface area contributed by atoms with Crippen LogP contribution in [0.15, 0.2) is 22.3 Å². The summed E-state index contributed by atoms with van der Waals surface area (Å²) < 4.78 is 28.6. The lowest BCUT2D eigenvalue weighted by atomic mass is 9.91. The third kappa shape index (κ3) is 9.13. The largest absolute Gasteiger partial charge is 0.457 e. The summed E-state index contributed by atoms with van der Waals surface area (Å²) >= 11 is 2.21. The van der Waals surface area contributed by atoms with Gasteiger partial charge in [-0.2, -0.15) is 0 Å². The molecule has 0 aromatic rings. The van der Waals surface area contributed by atoms with Crippen LogP contribution in [0.4, 0.5) is 0 Å². The van der Waals surface area contributed by atoms with Gasteiger partial charge in [0.05, 0.1) is 36.9 Å². The van der Waals surface area contributed by atoms with Crippen molar-refractivity contribution in [3.63, 3.8) is 0 Å². The third-order valence-electron chi connectivity index (χ3n) is 9.30. The summed E-state index contributed by atoms with van der Waals surface area (Å²) in [6, 6.07) is 0. The van der Waals surface area contributed by atoms with E-state index in [0.29, 0.717) is 28.6 Å². The number of carbonyl (C=O) groups is 1. The van der Waals surface area contributed by atoms with E-state index in [1.165, 1.54) is 6.42 Å². The molecule has 2 saturated heterocycles. The Balaban J connectivity index is 1.88. The van der Waals surface area contributed by atoms with E-state index in [9.17, 15) is 4.79 Å². The Hall–Kier alpha value is -0.223. The monoisotopic (exact) mass is 674 g/mol. The number of rotatable bonds is 6. The highest BCUT2D eigenvalue weighted by molar-refractivity contribution is 14.1. The topological polar surface area (TPSA) is 54.0 Å². The Morgan fingerprint density at radius 2 is 1.46 bits per heavy atom. The zero-order valence-corrected chi connectivity index (χ0v) is 28.9. The molecule has 3 heterocycles. The van der Waals surface area contributed by atoms with Gasteiger partial charge in [0.15, 0.2) is 0 Å². The smallest absolute Gasteiger partial charge is 0.309 e. The van der Waals surface area contributed by atoms with Gasteiger partial charge in [-0.1, -0.05) is 90.1 Å². The molecule has 5 nitrogen and oxygen atoms in total. The summed E-state index contributed by atoms with van der Waals surface area (Å²) in [5.74, 6) is 0.327. The van der Waals surface area contributed by atoms with Gasteiger partial charge in [0.2, 0.25) is 8.32 Å². The van der Waals surface area contributed by atoms with Crippen LogP contribution < -0.4 is 0 Å². The van der Waals surface area contributed by atoms with Gasteiger partial charge >= 0.3 is 5.97 Å². The van der Waals surface area contributed by atoms with Crippen molar-refractivity contribution in [2.75, 3.05) is 0 Å². The predicted octanol–water partition coefficient (Wildman–Crippen LogP) is 8.91. The van der Waals surface area contributed by atoms with Gasteiger partial charge in [0.1, 0.15) is 6.10 Å². The van der Waals surface area contributed by atoms with Gasteiger partial charge in [0.25, 0.3) is 0 Å². The van der Waals surface area contributed by atoms with Crippen molar-refractivity contribution in [1.29, 1.82) is 0 Å². The first-order chi connectivity index (χ1) is 18.4. The number of ether oxygens (including phenoxy) is 3. The summed E-state index contributed by atoms with van der Waals surface area (Å²) in [5, 5.41) is 0. The van der Waals surface area contributed by atoms with Crippen LogP contribution in [0.3, 0.4) is 0 Å². The fourth-order valence-electron chi connectivity index (χ4n) is 7.51. The minimum absolute atomic E-state index is 0.0395. The van der Waals surface area contributed by atoms with Gasteiger partial charge in [-0.15, -0.1) is 0 Å². The number of halogens is 1. The minimum Gasteiger partial charge on any atom is -0.457 e. The molecule has 0 saturated carbocycles. The molecule has 3 rings (SSSR count). The molecular formula is C32H55IO5Si. The lowest BCUT2D eigenvalue weighted by molar-refractivity contribution is -0.160. The molecule has 0 aliphatic carbocycles. The van der Waals surface area contributed by atoms with Crippen LogP contribution in [-0.2, 0) is 23.4 Å². The van der Waals surface area contributed by atoms with Crippen LogP contribution in [0.25, 0.3) is 0 Å². The van der Waals surface area contributed by atoms with Gasteiger partial charge in [-0.05, 0) is 77.6 Å². The second-order valence-corrected chi connectivity index (χ2v) is 19.5. The van der Waals surface area contributed by atoms with E-state index in [0.717, 1.165) is 38.5 Å². The normalized spacial score (nSPS) is 36.5. The maximum Gasteiger partial charge on any atom is 0.309 e. The van der Waals surface area contributed by atoms with E-state index in [4.69, 9.17) is 18.6 Å². The van der Waals surface area contributed by atoms with Crippen molar-refractivity contribution in [3.8, 4) is 0 Å². The number of esters is 1. The van der Waals surface area contributed by atoms with Crippen LogP contribution in [-0.4, -0.2) is 50.9 Å². The van der Waals surface area contributed by atoms with Crippen LogP contribution >= 0.6 is 22.6 Å². The third-order valence-corrected chi connectivity index (χ3v) is 15.9. The quantitative estimate of drug-likeness (QED) is 0.122. The second kappa shape index (κ2) is 15.3. The molecule has 0 radical (unpaired) electrons. The Kier molecular flexibility index (Phi) is 13.1. The number of cyclic esters (lactones) is 1. The van der Waals surface area contributed by atoms with Crippen LogP contribution in [0.5, 0.6) is 0 Å². The molecule has 8 atom stereocenters. The Bertz CT molecular complexity index is 806. The number of carbonyl (C=O) groups excluding carboxylic acids is 1. The molecule has 4 bridgehead atoms. The van der Waals surface area contributed by atoms with Gasteiger partial charge in [0, 0.05) is 5.92 Å². The summed E-state index contributed by atoms with van der Waals surface area (Å²) in [5.41, 5.74) is 1.56. The second-order valence-electron chi connectivity index (χ2n) is 13.4. The SMILES string of the molecule is CC(C)[Si](O[C@H]1C[C@H]2CC(=O)O[C@@H](/C=C/I)[C@@H](C)/C=C/[C@H](C)C[C@H]3CCC[C@@H](C[C@@H](C1)O2)O3)(C(C)C)C(C)C. The Labute approximate surface area is 253 Å². The molecule has 0 spiro atoms. The number of fused-ring (bicyclic) bond motifs is 4. The fourth-order valence-corrected chi connectivity index (χ4v) is 13.5. The summed E-state index contributed by atoms with van der Waals surface area (Å²) in [4.78, 5) is 13.2. The number of hydrogen-bond donors (Lipinski definition) is 0. The average molecular weight is 675 g/mol. The van der Waals surface area contributed by atoms with Crippen molar-refractivity contribution in [3.05, 3.63) is 22.3 Å². The first-order valence-corrected chi connectivity index (χ1v) is 19.0. The molecule has 2 fully saturated rings. The van der Waals surface area contributed by atoms with Crippen molar-refractivity contribution >= 4 is 36.9 Å². The highest BCUT2D eigenvalue weighted by Crippen LogP contribution is 2.45. The Morgan fingerprint density at radius 3 is 2.08 bits per heavy atom. The number of allylic oxidation sites excluding steroid dienone is 1. The molecule has 7 heteroatoms. The molecule has 224 valence electrons. The maximum atomic E-state index is 13.2. The van der Waals surface area contributed by atoms with Crippen LogP contribution in [0.2, 0.25) is 16.6 Å². The average Bonchev–Trinajstić information content (AvgIpc) is 2.84. The Morgan fingerprint density at radius 1 is 0.872 bits per heavy atom. The summed E-state index contributed by atoms with van der Waals surface area (Å²) in [6.07, 6.45) is 13.9. The predicted molar refractivity (Wildman–Crippen MR) is 171 cm³/mol.